The van der Waals surface area contributed by atoms with Crippen LogP contribution < -0.4 is 10.2 Å². The molecular formula is C19H29N5. The van der Waals surface area contributed by atoms with Crippen LogP contribution in [0, 0.1) is 0 Å². The van der Waals surface area contributed by atoms with Crippen LogP contribution in [0.2, 0.25) is 0 Å². The number of aromatic nitrogens is 1. The van der Waals surface area contributed by atoms with Gasteiger partial charge in [-0.1, -0.05) is 31.2 Å². The Morgan fingerprint density at radius 1 is 1.08 bits per heavy atom. The van der Waals surface area contributed by atoms with Crippen molar-refractivity contribution < 1.29 is 0 Å². The van der Waals surface area contributed by atoms with Crippen LogP contribution in [0.3, 0.4) is 0 Å². The summed E-state index contributed by atoms with van der Waals surface area (Å²) in [7, 11) is 4.19. The highest BCUT2D eigenvalue weighted by atomic mass is 15.3. The maximum atomic E-state index is 4.81. The number of anilines is 2. The standard InChI is InChI=1S/C19H29N5/c1-4-23-11-13-24(14-12-23)19-17-8-6-5-7-16(17)18(15-21-19)20-9-10-22(2)3/h5-8,15,20H,4,9-14H2,1-3H3. The van der Waals surface area contributed by atoms with Crippen LogP contribution in [0.5, 0.6) is 0 Å². The van der Waals surface area contributed by atoms with Gasteiger partial charge in [0, 0.05) is 50.0 Å². The summed E-state index contributed by atoms with van der Waals surface area (Å²) in [4.78, 5) is 11.9. The average Bonchev–Trinajstić information content (AvgIpc) is 2.62. The van der Waals surface area contributed by atoms with E-state index in [1.165, 1.54) is 10.8 Å². The van der Waals surface area contributed by atoms with Crippen molar-refractivity contribution in [3.63, 3.8) is 0 Å². The molecule has 1 aliphatic rings. The molecule has 3 rings (SSSR count). The summed E-state index contributed by atoms with van der Waals surface area (Å²) in [6.07, 6.45) is 2.00. The maximum absolute atomic E-state index is 4.81. The SMILES string of the molecule is CCN1CCN(c2ncc(NCCN(C)C)c3ccccc23)CC1. The molecule has 0 saturated carbocycles. The minimum Gasteiger partial charge on any atom is -0.382 e. The quantitative estimate of drug-likeness (QED) is 0.881. The van der Waals surface area contributed by atoms with E-state index >= 15 is 0 Å². The molecule has 130 valence electrons. The van der Waals surface area contributed by atoms with E-state index in [1.54, 1.807) is 0 Å². The molecule has 24 heavy (non-hydrogen) atoms. The van der Waals surface area contributed by atoms with E-state index in [0.717, 1.165) is 57.3 Å². The molecule has 0 atom stereocenters. The Bertz CT molecular complexity index is 662. The van der Waals surface area contributed by atoms with E-state index < -0.39 is 0 Å². The van der Waals surface area contributed by atoms with Crippen LogP contribution in [-0.2, 0) is 0 Å². The van der Waals surface area contributed by atoms with Crippen LogP contribution in [0.1, 0.15) is 6.92 Å². The zero-order valence-corrected chi connectivity index (χ0v) is 15.1. The fourth-order valence-electron chi connectivity index (χ4n) is 3.26. The minimum atomic E-state index is 0.924. The zero-order valence-electron chi connectivity index (χ0n) is 15.1. The second-order valence-corrected chi connectivity index (χ2v) is 6.69. The third-order valence-corrected chi connectivity index (χ3v) is 4.77. The number of fused-ring (bicyclic) bond motifs is 1. The van der Waals surface area contributed by atoms with Crippen molar-refractivity contribution in [1.82, 2.24) is 14.8 Å². The first-order valence-electron chi connectivity index (χ1n) is 8.92. The number of rotatable bonds is 6. The molecule has 0 aliphatic carbocycles. The summed E-state index contributed by atoms with van der Waals surface area (Å²) in [6, 6.07) is 8.61. The van der Waals surface area contributed by atoms with E-state index in [1.807, 2.05) is 6.20 Å². The van der Waals surface area contributed by atoms with Gasteiger partial charge in [0.05, 0.1) is 11.9 Å². The first kappa shape index (κ1) is 17.0. The first-order valence-corrected chi connectivity index (χ1v) is 8.92. The summed E-state index contributed by atoms with van der Waals surface area (Å²) in [6.45, 7) is 9.65. The molecule has 1 aromatic carbocycles. The lowest BCUT2D eigenvalue weighted by molar-refractivity contribution is 0.271. The molecule has 0 amide bonds. The van der Waals surface area contributed by atoms with Crippen molar-refractivity contribution in [1.29, 1.82) is 0 Å². The smallest absolute Gasteiger partial charge is 0.136 e. The van der Waals surface area contributed by atoms with E-state index in [4.69, 9.17) is 4.98 Å². The highest BCUT2D eigenvalue weighted by molar-refractivity contribution is 6.00. The number of piperazine rings is 1. The van der Waals surface area contributed by atoms with Crippen LogP contribution in [-0.4, -0.2) is 74.7 Å². The number of pyridine rings is 1. The van der Waals surface area contributed by atoms with Crippen LogP contribution in [0.4, 0.5) is 11.5 Å². The Morgan fingerprint density at radius 2 is 1.79 bits per heavy atom. The second-order valence-electron chi connectivity index (χ2n) is 6.69. The fourth-order valence-corrected chi connectivity index (χ4v) is 3.26. The van der Waals surface area contributed by atoms with Crippen LogP contribution in [0.15, 0.2) is 30.5 Å². The van der Waals surface area contributed by atoms with E-state index in [2.05, 4.69) is 65.3 Å². The third kappa shape index (κ3) is 3.79. The monoisotopic (exact) mass is 327 g/mol. The Morgan fingerprint density at radius 3 is 2.46 bits per heavy atom. The molecule has 0 spiro atoms. The summed E-state index contributed by atoms with van der Waals surface area (Å²) in [5, 5.41) is 6.05. The number of hydrogen-bond acceptors (Lipinski definition) is 5. The molecule has 0 unspecified atom stereocenters. The van der Waals surface area contributed by atoms with Gasteiger partial charge in [-0.25, -0.2) is 4.98 Å². The van der Waals surface area contributed by atoms with Gasteiger partial charge in [-0.15, -0.1) is 0 Å². The highest BCUT2D eigenvalue weighted by Crippen LogP contribution is 2.30. The third-order valence-electron chi connectivity index (χ3n) is 4.77. The average molecular weight is 327 g/mol. The molecular weight excluding hydrogens is 298 g/mol. The minimum absolute atomic E-state index is 0.924. The van der Waals surface area contributed by atoms with Gasteiger partial charge in [-0.3, -0.25) is 0 Å². The molecule has 1 aliphatic heterocycles. The lowest BCUT2D eigenvalue weighted by Crippen LogP contribution is -2.46. The second kappa shape index (κ2) is 7.81. The summed E-state index contributed by atoms with van der Waals surface area (Å²) in [5.74, 6) is 1.12. The van der Waals surface area contributed by atoms with Gasteiger partial charge >= 0.3 is 0 Å². The Balaban J connectivity index is 1.83. The molecule has 1 N–H and O–H groups in total. The summed E-state index contributed by atoms with van der Waals surface area (Å²) < 4.78 is 0. The largest absolute Gasteiger partial charge is 0.382 e. The molecule has 1 fully saturated rings. The van der Waals surface area contributed by atoms with Crippen molar-refractivity contribution in [2.24, 2.45) is 0 Å². The van der Waals surface area contributed by atoms with Crippen LogP contribution >= 0.6 is 0 Å². The van der Waals surface area contributed by atoms with Gasteiger partial charge in [0.2, 0.25) is 0 Å². The van der Waals surface area contributed by atoms with Crippen molar-refractivity contribution >= 4 is 22.3 Å². The zero-order chi connectivity index (χ0) is 16.9. The number of nitrogens with one attached hydrogen (secondary N) is 1. The predicted octanol–water partition coefficient (Wildman–Crippen LogP) is 2.35. The summed E-state index contributed by atoms with van der Waals surface area (Å²) >= 11 is 0. The Hall–Kier alpha value is -1.85. The van der Waals surface area contributed by atoms with Crippen LogP contribution in [0.25, 0.3) is 10.8 Å². The molecule has 2 heterocycles. The van der Waals surface area contributed by atoms with Gasteiger partial charge in [0.15, 0.2) is 0 Å². The lowest BCUT2D eigenvalue weighted by atomic mass is 10.1. The maximum Gasteiger partial charge on any atom is 0.136 e. The van der Waals surface area contributed by atoms with Gasteiger partial charge in [-0.2, -0.15) is 0 Å². The van der Waals surface area contributed by atoms with E-state index in [0.29, 0.717) is 0 Å². The van der Waals surface area contributed by atoms with Gasteiger partial charge in [0.25, 0.3) is 0 Å². The van der Waals surface area contributed by atoms with E-state index in [9.17, 15) is 0 Å². The molecule has 5 nitrogen and oxygen atoms in total. The van der Waals surface area contributed by atoms with Crippen molar-refractivity contribution in [3.05, 3.63) is 30.5 Å². The van der Waals surface area contributed by atoms with Crippen molar-refractivity contribution in [2.75, 3.05) is 70.1 Å². The van der Waals surface area contributed by atoms with Gasteiger partial charge in [0.1, 0.15) is 5.82 Å². The Labute approximate surface area is 145 Å². The number of benzene rings is 1. The normalized spacial score (nSPS) is 16.1. The number of likely N-dealkylation sites (N-methyl/N-ethyl adjacent to an activating group) is 2. The molecule has 5 heteroatoms. The topological polar surface area (TPSA) is 34.6 Å². The predicted molar refractivity (Wildman–Crippen MR) is 103 cm³/mol. The summed E-state index contributed by atoms with van der Waals surface area (Å²) in [5.41, 5.74) is 1.13. The molecule has 1 saturated heterocycles. The van der Waals surface area contributed by atoms with Crippen molar-refractivity contribution in [3.8, 4) is 0 Å². The number of nitrogens with zero attached hydrogens (tertiary/aromatic N) is 4. The number of hydrogen-bond donors (Lipinski definition) is 1. The highest BCUT2D eigenvalue weighted by Gasteiger charge is 2.19. The molecule has 1 aromatic heterocycles. The Kier molecular flexibility index (Phi) is 5.53. The van der Waals surface area contributed by atoms with Crippen molar-refractivity contribution in [2.45, 2.75) is 6.92 Å². The molecule has 0 radical (unpaired) electrons. The molecule has 0 bridgehead atoms. The lowest BCUT2D eigenvalue weighted by Gasteiger charge is -2.35. The molecule has 2 aromatic rings. The first-order chi connectivity index (χ1) is 11.7. The van der Waals surface area contributed by atoms with Gasteiger partial charge in [-0.05, 0) is 20.6 Å². The van der Waals surface area contributed by atoms with E-state index in [-0.39, 0.29) is 0 Å². The fraction of sp³-hybridized carbons (Fsp3) is 0.526. The van der Waals surface area contributed by atoms with Gasteiger partial charge < -0.3 is 20.0 Å².